The number of hydrogen-bond acceptors (Lipinski definition) is 4. The van der Waals surface area contributed by atoms with Crippen LogP contribution in [0, 0.1) is 5.41 Å². The molecule has 6 heteroatoms. The molecule has 0 spiro atoms. The van der Waals surface area contributed by atoms with Crippen LogP contribution in [0.4, 0.5) is 0 Å². The van der Waals surface area contributed by atoms with E-state index in [2.05, 4.69) is 0 Å². The van der Waals surface area contributed by atoms with E-state index >= 15 is 0 Å². The molecule has 2 unspecified atom stereocenters. The van der Waals surface area contributed by atoms with Gasteiger partial charge in [0.15, 0.2) is 0 Å². The molecule has 0 radical (unpaired) electrons. The number of nitrogens with two attached hydrogens (primary N) is 1. The number of nitrogens with zero attached hydrogens (tertiary/aromatic N) is 1. The Morgan fingerprint density at radius 1 is 1.63 bits per heavy atom. The molecule has 4 N–H and O–H groups in total. The van der Waals surface area contributed by atoms with E-state index < -0.39 is 5.97 Å². The molecule has 0 aromatic carbocycles. The molecule has 19 heavy (non-hydrogen) atoms. The summed E-state index contributed by atoms with van der Waals surface area (Å²) >= 11 is 1.56. The molecule has 0 amide bonds. The van der Waals surface area contributed by atoms with E-state index in [0.29, 0.717) is 12.3 Å². The molecule has 1 aliphatic rings. The highest BCUT2D eigenvalue weighted by Gasteiger charge is 2.32. The van der Waals surface area contributed by atoms with Gasteiger partial charge < -0.3 is 5.11 Å². The third kappa shape index (κ3) is 3.33. The van der Waals surface area contributed by atoms with Crippen molar-refractivity contribution in [2.75, 3.05) is 0 Å². The molecule has 0 saturated carbocycles. The molecule has 1 aromatic heterocycles. The minimum atomic E-state index is -0.817. The van der Waals surface area contributed by atoms with Gasteiger partial charge >= 0.3 is 5.97 Å². The molecule has 2 heterocycles. The summed E-state index contributed by atoms with van der Waals surface area (Å²) in [6.45, 7) is 0. The van der Waals surface area contributed by atoms with E-state index in [1.165, 1.54) is 5.01 Å². The van der Waals surface area contributed by atoms with Crippen LogP contribution in [0.3, 0.4) is 0 Å². The topological polar surface area (TPSA) is 90.4 Å². The average molecular weight is 281 g/mol. The van der Waals surface area contributed by atoms with E-state index in [1.807, 2.05) is 17.5 Å². The Kier molecular flexibility index (Phi) is 4.55. The summed E-state index contributed by atoms with van der Waals surface area (Å²) in [4.78, 5) is 12.2. The van der Waals surface area contributed by atoms with Gasteiger partial charge in [0.1, 0.15) is 5.84 Å². The number of carboxylic acids is 1. The van der Waals surface area contributed by atoms with Gasteiger partial charge in [0.05, 0.1) is 12.5 Å². The van der Waals surface area contributed by atoms with Gasteiger partial charge in [0.2, 0.25) is 0 Å². The van der Waals surface area contributed by atoms with Crippen molar-refractivity contribution in [3.63, 3.8) is 0 Å². The second-order valence-corrected chi connectivity index (χ2v) is 5.87. The average Bonchev–Trinajstić information content (AvgIpc) is 2.83. The fraction of sp³-hybridized carbons (Fsp3) is 0.538. The molecule has 2 rings (SSSR count). The van der Waals surface area contributed by atoms with Crippen molar-refractivity contribution in [3.05, 3.63) is 22.4 Å². The highest BCUT2D eigenvalue weighted by molar-refractivity contribution is 7.10. The number of nitrogens with one attached hydrogen (secondary N) is 1. The molecule has 1 aromatic rings. The van der Waals surface area contributed by atoms with Gasteiger partial charge in [-0.1, -0.05) is 12.5 Å². The zero-order valence-electron chi connectivity index (χ0n) is 10.7. The molecule has 1 fully saturated rings. The van der Waals surface area contributed by atoms with Gasteiger partial charge in [0, 0.05) is 17.2 Å². The lowest BCUT2D eigenvalue weighted by Crippen LogP contribution is -2.47. The minimum Gasteiger partial charge on any atom is -0.481 e. The van der Waals surface area contributed by atoms with Crippen molar-refractivity contribution in [1.82, 2.24) is 5.01 Å². The van der Waals surface area contributed by atoms with Crippen LogP contribution < -0.4 is 5.84 Å². The largest absolute Gasteiger partial charge is 0.481 e. The van der Waals surface area contributed by atoms with E-state index in [0.717, 1.165) is 24.1 Å². The van der Waals surface area contributed by atoms with E-state index in [-0.39, 0.29) is 18.4 Å². The summed E-state index contributed by atoms with van der Waals surface area (Å²) in [5, 5.41) is 20.5. The van der Waals surface area contributed by atoms with Gasteiger partial charge in [-0.25, -0.2) is 5.84 Å². The standard InChI is InChI=1S/C13H19N3O2S/c14-12-6-2-1-4-10(16(12)15)9(8-13(17)18)11-5-3-7-19-11/h3,5,7,9-10,14H,1-2,4,6,8,15H2,(H,17,18). The Hall–Kier alpha value is -1.40. The first-order valence-electron chi connectivity index (χ1n) is 6.46. The Labute approximate surface area is 116 Å². The number of rotatable bonds is 4. The number of thiophene rings is 1. The van der Waals surface area contributed by atoms with Crippen LogP contribution in [0.25, 0.3) is 0 Å². The third-order valence-corrected chi connectivity index (χ3v) is 4.60. The number of carboxylic acid groups (broad SMARTS) is 1. The van der Waals surface area contributed by atoms with E-state index in [1.54, 1.807) is 11.3 Å². The molecule has 1 aliphatic heterocycles. The van der Waals surface area contributed by atoms with Crippen LogP contribution >= 0.6 is 11.3 Å². The van der Waals surface area contributed by atoms with E-state index in [9.17, 15) is 4.79 Å². The summed E-state index contributed by atoms with van der Waals surface area (Å²) in [7, 11) is 0. The van der Waals surface area contributed by atoms with Crippen molar-refractivity contribution >= 4 is 23.1 Å². The van der Waals surface area contributed by atoms with Crippen molar-refractivity contribution < 1.29 is 9.90 Å². The molecule has 0 bridgehead atoms. The summed E-state index contributed by atoms with van der Waals surface area (Å²) in [6, 6.07) is 3.79. The Morgan fingerprint density at radius 3 is 3.05 bits per heavy atom. The first-order chi connectivity index (χ1) is 9.09. The first-order valence-corrected chi connectivity index (χ1v) is 7.34. The van der Waals surface area contributed by atoms with Crippen molar-refractivity contribution in [1.29, 1.82) is 5.41 Å². The van der Waals surface area contributed by atoms with Gasteiger partial charge in [0.25, 0.3) is 0 Å². The SMILES string of the molecule is N=C1CCCCC(C(CC(=O)O)c2cccs2)N1N. The number of carbonyl (C=O) groups is 1. The molecular weight excluding hydrogens is 262 g/mol. The number of hydrazine groups is 1. The van der Waals surface area contributed by atoms with Gasteiger partial charge in [-0.2, -0.15) is 0 Å². The highest BCUT2D eigenvalue weighted by atomic mass is 32.1. The summed E-state index contributed by atoms with van der Waals surface area (Å²) in [5.74, 6) is 5.48. The Balaban J connectivity index is 2.25. The quantitative estimate of drug-likeness (QED) is 0.739. The van der Waals surface area contributed by atoms with Crippen LogP contribution in [0.1, 0.15) is 42.9 Å². The summed E-state index contributed by atoms with van der Waals surface area (Å²) < 4.78 is 0. The first kappa shape index (κ1) is 14.0. The maximum atomic E-state index is 11.1. The van der Waals surface area contributed by atoms with Crippen molar-refractivity contribution in [3.8, 4) is 0 Å². The van der Waals surface area contributed by atoms with Crippen LogP contribution in [0.5, 0.6) is 0 Å². The maximum absolute atomic E-state index is 11.1. The van der Waals surface area contributed by atoms with Crippen molar-refractivity contribution in [2.24, 2.45) is 5.84 Å². The summed E-state index contributed by atoms with van der Waals surface area (Å²) in [5.41, 5.74) is 0. The molecular formula is C13H19N3O2S. The second-order valence-electron chi connectivity index (χ2n) is 4.89. The zero-order valence-corrected chi connectivity index (χ0v) is 11.5. The van der Waals surface area contributed by atoms with Crippen LogP contribution in [-0.2, 0) is 4.79 Å². The monoisotopic (exact) mass is 281 g/mol. The van der Waals surface area contributed by atoms with E-state index in [4.69, 9.17) is 16.4 Å². The van der Waals surface area contributed by atoms with Gasteiger partial charge in [-0.05, 0) is 24.3 Å². The smallest absolute Gasteiger partial charge is 0.304 e. The molecule has 104 valence electrons. The Bertz CT molecular complexity index is 447. The predicted molar refractivity (Wildman–Crippen MR) is 75.3 cm³/mol. The van der Waals surface area contributed by atoms with Gasteiger partial charge in [-0.3, -0.25) is 15.2 Å². The normalized spacial score (nSPS) is 22.1. The maximum Gasteiger partial charge on any atom is 0.304 e. The van der Waals surface area contributed by atoms with Crippen LogP contribution in [0.2, 0.25) is 0 Å². The molecule has 0 aliphatic carbocycles. The summed E-state index contributed by atoms with van der Waals surface area (Å²) in [6.07, 6.45) is 3.52. The number of hydrogen-bond donors (Lipinski definition) is 3. The van der Waals surface area contributed by atoms with Crippen LogP contribution in [0.15, 0.2) is 17.5 Å². The zero-order chi connectivity index (χ0) is 13.8. The molecule has 1 saturated heterocycles. The van der Waals surface area contributed by atoms with Gasteiger partial charge in [-0.15, -0.1) is 11.3 Å². The third-order valence-electron chi connectivity index (χ3n) is 3.60. The number of amidine groups is 1. The lowest BCUT2D eigenvalue weighted by molar-refractivity contribution is -0.137. The fourth-order valence-electron chi connectivity index (χ4n) is 2.63. The molecule has 2 atom stereocenters. The lowest BCUT2D eigenvalue weighted by atomic mass is 9.91. The van der Waals surface area contributed by atoms with Crippen molar-refractivity contribution in [2.45, 2.75) is 44.1 Å². The molecule has 5 nitrogen and oxygen atoms in total. The predicted octanol–water partition coefficient (Wildman–Crippen LogP) is 2.40. The number of aliphatic carboxylic acids is 1. The Morgan fingerprint density at radius 2 is 2.42 bits per heavy atom. The second kappa shape index (κ2) is 6.16. The fourth-order valence-corrected chi connectivity index (χ4v) is 3.51. The lowest BCUT2D eigenvalue weighted by Gasteiger charge is -2.33. The minimum absolute atomic E-state index is 0.0617. The highest BCUT2D eigenvalue weighted by Crippen LogP contribution is 2.33. The van der Waals surface area contributed by atoms with Crippen LogP contribution in [-0.4, -0.2) is 28.0 Å².